The number of rotatable bonds is 9. The smallest absolute Gasteiger partial charge is 0.221 e. The largest absolute Gasteiger partial charge is 0.493 e. The van der Waals surface area contributed by atoms with Crippen LogP contribution in [-0.4, -0.2) is 31.8 Å². The highest BCUT2D eigenvalue weighted by Crippen LogP contribution is 2.30. The summed E-state index contributed by atoms with van der Waals surface area (Å²) in [7, 11) is 3.10. The molecule has 0 radical (unpaired) electrons. The Morgan fingerprint density at radius 2 is 1.40 bits per heavy atom. The summed E-state index contributed by atoms with van der Waals surface area (Å²) in [4.78, 5) is 12.7. The van der Waals surface area contributed by atoms with Gasteiger partial charge in [0.15, 0.2) is 11.5 Å². The Morgan fingerprint density at radius 1 is 0.833 bits per heavy atom. The molecule has 3 aromatic rings. The molecule has 2 N–H and O–H groups in total. The summed E-state index contributed by atoms with van der Waals surface area (Å²) < 4.78 is 10.5. The first-order valence-corrected chi connectivity index (χ1v) is 9.89. The summed E-state index contributed by atoms with van der Waals surface area (Å²) >= 11 is 0. The van der Waals surface area contributed by atoms with Gasteiger partial charge in [-0.2, -0.15) is 0 Å². The van der Waals surface area contributed by atoms with E-state index in [1.807, 2.05) is 60.7 Å². The van der Waals surface area contributed by atoms with Crippen LogP contribution in [0.25, 0.3) is 0 Å². The summed E-state index contributed by atoms with van der Waals surface area (Å²) in [5, 5.41) is 13.4. The van der Waals surface area contributed by atoms with E-state index in [-0.39, 0.29) is 18.4 Å². The van der Waals surface area contributed by atoms with Gasteiger partial charge in [-0.15, -0.1) is 0 Å². The summed E-state index contributed by atoms with van der Waals surface area (Å²) in [5.41, 5.74) is 2.81. The van der Waals surface area contributed by atoms with E-state index in [1.54, 1.807) is 32.4 Å². The lowest BCUT2D eigenvalue weighted by molar-refractivity contribution is -0.121. The molecule has 5 nitrogen and oxygen atoms in total. The van der Waals surface area contributed by atoms with Crippen molar-refractivity contribution in [2.24, 2.45) is 0 Å². The molecular weight excluding hydrogens is 378 g/mol. The molecule has 156 valence electrons. The van der Waals surface area contributed by atoms with Gasteiger partial charge >= 0.3 is 0 Å². The van der Waals surface area contributed by atoms with Gasteiger partial charge in [-0.3, -0.25) is 4.79 Å². The number of carbonyl (C=O) groups excluding carboxylic acids is 1. The second-order valence-electron chi connectivity index (χ2n) is 7.01. The van der Waals surface area contributed by atoms with Crippen LogP contribution in [0, 0.1) is 0 Å². The van der Waals surface area contributed by atoms with Crippen molar-refractivity contribution >= 4 is 5.91 Å². The molecule has 0 aliphatic carbocycles. The van der Waals surface area contributed by atoms with Crippen molar-refractivity contribution in [3.05, 3.63) is 95.6 Å². The predicted molar refractivity (Wildman–Crippen MR) is 117 cm³/mol. The van der Waals surface area contributed by atoms with E-state index in [0.29, 0.717) is 23.5 Å². The lowest BCUT2D eigenvalue weighted by Gasteiger charge is -2.19. The molecule has 1 unspecified atom stereocenters. The van der Waals surface area contributed by atoms with Crippen molar-refractivity contribution in [1.29, 1.82) is 0 Å². The van der Waals surface area contributed by atoms with E-state index in [4.69, 9.17) is 9.47 Å². The van der Waals surface area contributed by atoms with E-state index in [1.165, 1.54) is 0 Å². The highest BCUT2D eigenvalue weighted by Gasteiger charge is 2.19. The van der Waals surface area contributed by atoms with Gasteiger partial charge in [0.1, 0.15) is 0 Å². The quantitative estimate of drug-likeness (QED) is 0.563. The number of methoxy groups -OCH3 is 2. The van der Waals surface area contributed by atoms with Crippen LogP contribution in [0.3, 0.4) is 0 Å². The highest BCUT2D eigenvalue weighted by atomic mass is 16.5. The zero-order valence-corrected chi connectivity index (χ0v) is 17.2. The molecule has 1 amide bonds. The molecular formula is C25H27NO4. The normalized spacial score (nSPS) is 11.7. The maximum Gasteiger partial charge on any atom is 0.221 e. The molecule has 0 fully saturated rings. The number of hydrogen-bond acceptors (Lipinski definition) is 4. The molecule has 0 bridgehead atoms. The van der Waals surface area contributed by atoms with Crippen molar-refractivity contribution in [3.63, 3.8) is 0 Å². The van der Waals surface area contributed by atoms with Crippen molar-refractivity contribution in [2.75, 3.05) is 20.8 Å². The Labute approximate surface area is 177 Å². The van der Waals surface area contributed by atoms with Crippen LogP contribution >= 0.6 is 0 Å². The summed E-state index contributed by atoms with van der Waals surface area (Å²) in [5.74, 6) is 0.956. The monoisotopic (exact) mass is 405 g/mol. The lowest BCUT2D eigenvalue weighted by Crippen LogP contribution is -2.29. The van der Waals surface area contributed by atoms with E-state index < -0.39 is 6.10 Å². The summed E-state index contributed by atoms with van der Waals surface area (Å²) in [6.07, 6.45) is -0.548. The van der Waals surface area contributed by atoms with Gasteiger partial charge in [-0.25, -0.2) is 0 Å². The molecule has 0 saturated carbocycles. The van der Waals surface area contributed by atoms with Crippen LogP contribution in [-0.2, 0) is 4.79 Å². The molecule has 3 rings (SSSR count). The Bertz CT molecular complexity index is 904. The number of aliphatic hydroxyl groups is 1. The first-order valence-electron chi connectivity index (χ1n) is 9.89. The molecule has 3 aromatic carbocycles. The second kappa shape index (κ2) is 10.5. The number of benzene rings is 3. The maximum absolute atomic E-state index is 12.7. The topological polar surface area (TPSA) is 67.8 Å². The second-order valence-corrected chi connectivity index (χ2v) is 7.01. The molecule has 0 heterocycles. The van der Waals surface area contributed by atoms with E-state index in [2.05, 4.69) is 5.32 Å². The summed E-state index contributed by atoms with van der Waals surface area (Å²) in [6, 6.07) is 25.2. The number of carbonyl (C=O) groups is 1. The van der Waals surface area contributed by atoms with Gasteiger partial charge in [0.05, 0.1) is 20.3 Å². The number of amides is 1. The fraction of sp³-hybridized carbons (Fsp3) is 0.240. The van der Waals surface area contributed by atoms with Gasteiger partial charge in [-0.1, -0.05) is 66.7 Å². The third kappa shape index (κ3) is 5.39. The number of aliphatic hydroxyl groups excluding tert-OH is 1. The number of ether oxygens (including phenoxy) is 2. The first-order chi connectivity index (χ1) is 14.6. The third-order valence-corrected chi connectivity index (χ3v) is 5.08. The van der Waals surface area contributed by atoms with Crippen molar-refractivity contribution in [2.45, 2.75) is 18.4 Å². The summed E-state index contributed by atoms with van der Waals surface area (Å²) in [6.45, 7) is 0.116. The minimum atomic E-state index is -0.847. The average Bonchev–Trinajstić information content (AvgIpc) is 2.81. The van der Waals surface area contributed by atoms with Gasteiger partial charge in [0.2, 0.25) is 5.91 Å². The molecule has 0 aliphatic heterocycles. The molecule has 0 saturated heterocycles. The van der Waals surface area contributed by atoms with E-state index in [9.17, 15) is 9.90 Å². The first kappa shape index (κ1) is 21.4. The van der Waals surface area contributed by atoms with Crippen LogP contribution in [0.2, 0.25) is 0 Å². The Morgan fingerprint density at radius 3 is 1.93 bits per heavy atom. The van der Waals surface area contributed by atoms with Crippen molar-refractivity contribution in [3.8, 4) is 11.5 Å². The minimum Gasteiger partial charge on any atom is -0.493 e. The standard InChI is InChI=1S/C25H27NO4/c1-29-23-14-13-20(15-24(23)30-2)22(27)17-26-25(28)16-21(18-9-5-3-6-10-18)19-11-7-4-8-12-19/h3-15,21-22,27H,16-17H2,1-2H3,(H,26,28). The average molecular weight is 405 g/mol. The highest BCUT2D eigenvalue weighted by molar-refractivity contribution is 5.77. The molecule has 0 spiro atoms. The zero-order valence-electron chi connectivity index (χ0n) is 17.2. The van der Waals surface area contributed by atoms with Crippen LogP contribution in [0.1, 0.15) is 35.1 Å². The fourth-order valence-corrected chi connectivity index (χ4v) is 3.44. The van der Waals surface area contributed by atoms with Crippen LogP contribution in [0.15, 0.2) is 78.9 Å². The SMILES string of the molecule is COc1ccc(C(O)CNC(=O)CC(c2ccccc2)c2ccccc2)cc1OC. The molecule has 0 aliphatic rings. The third-order valence-electron chi connectivity index (χ3n) is 5.08. The lowest BCUT2D eigenvalue weighted by atomic mass is 9.88. The molecule has 5 heteroatoms. The fourth-order valence-electron chi connectivity index (χ4n) is 3.44. The Kier molecular flexibility index (Phi) is 7.46. The van der Waals surface area contributed by atoms with Gasteiger partial charge < -0.3 is 19.9 Å². The van der Waals surface area contributed by atoms with Crippen molar-refractivity contribution < 1.29 is 19.4 Å². The molecule has 30 heavy (non-hydrogen) atoms. The van der Waals surface area contributed by atoms with Crippen LogP contribution < -0.4 is 14.8 Å². The molecule has 1 atom stereocenters. The predicted octanol–water partition coefficient (Wildman–Crippen LogP) is 4.08. The minimum absolute atomic E-state index is 0.0503. The van der Waals surface area contributed by atoms with Gasteiger partial charge in [0, 0.05) is 18.9 Å². The van der Waals surface area contributed by atoms with Crippen LogP contribution in [0.4, 0.5) is 0 Å². The zero-order chi connectivity index (χ0) is 21.3. The van der Waals surface area contributed by atoms with Gasteiger partial charge in [0.25, 0.3) is 0 Å². The maximum atomic E-state index is 12.7. The van der Waals surface area contributed by atoms with Crippen LogP contribution in [0.5, 0.6) is 11.5 Å². The van der Waals surface area contributed by atoms with E-state index in [0.717, 1.165) is 11.1 Å². The van der Waals surface area contributed by atoms with Crippen molar-refractivity contribution in [1.82, 2.24) is 5.32 Å². The van der Waals surface area contributed by atoms with E-state index >= 15 is 0 Å². The Balaban J connectivity index is 1.66. The Hall–Kier alpha value is -3.31. The number of nitrogens with one attached hydrogen (secondary N) is 1. The van der Waals surface area contributed by atoms with Gasteiger partial charge in [-0.05, 0) is 28.8 Å². The molecule has 0 aromatic heterocycles. The number of hydrogen-bond donors (Lipinski definition) is 2.